The van der Waals surface area contributed by atoms with E-state index < -0.39 is 5.82 Å². The first kappa shape index (κ1) is 18.4. The summed E-state index contributed by atoms with van der Waals surface area (Å²) in [5.41, 5.74) is 1.02. The van der Waals surface area contributed by atoms with Crippen LogP contribution in [-0.2, 0) is 11.3 Å². The van der Waals surface area contributed by atoms with Crippen LogP contribution in [0.4, 0.5) is 4.39 Å². The van der Waals surface area contributed by atoms with Crippen molar-refractivity contribution in [1.82, 2.24) is 10.2 Å². The van der Waals surface area contributed by atoms with E-state index in [1.165, 1.54) is 18.2 Å². The summed E-state index contributed by atoms with van der Waals surface area (Å²) in [6, 6.07) is 13.7. The van der Waals surface area contributed by atoms with Crippen LogP contribution in [-0.4, -0.2) is 29.8 Å². The van der Waals surface area contributed by atoms with Crippen LogP contribution in [0, 0.1) is 11.7 Å². The molecule has 0 bridgehead atoms. The van der Waals surface area contributed by atoms with Gasteiger partial charge in [0.1, 0.15) is 5.82 Å². The fraction of sp³-hybridized carbons (Fsp3) is 0.300. The van der Waals surface area contributed by atoms with E-state index in [4.69, 9.17) is 11.6 Å². The Hall–Kier alpha value is -2.40. The Morgan fingerprint density at radius 1 is 1.12 bits per heavy atom. The molecule has 6 heteroatoms. The Kier molecular flexibility index (Phi) is 5.89. The quantitative estimate of drug-likeness (QED) is 0.888. The number of halogens is 2. The number of hydrogen-bond acceptors (Lipinski definition) is 2. The number of amides is 2. The van der Waals surface area contributed by atoms with Gasteiger partial charge in [0, 0.05) is 30.6 Å². The Labute approximate surface area is 157 Å². The lowest BCUT2D eigenvalue weighted by molar-refractivity contribution is -0.126. The molecule has 0 atom stereocenters. The molecule has 0 spiro atoms. The zero-order valence-electron chi connectivity index (χ0n) is 14.3. The van der Waals surface area contributed by atoms with Gasteiger partial charge in [0.15, 0.2) is 0 Å². The van der Waals surface area contributed by atoms with Crippen molar-refractivity contribution >= 4 is 23.4 Å². The summed E-state index contributed by atoms with van der Waals surface area (Å²) in [6.45, 7) is 1.34. The first-order chi connectivity index (χ1) is 12.5. The van der Waals surface area contributed by atoms with Gasteiger partial charge >= 0.3 is 0 Å². The fourth-order valence-electron chi connectivity index (χ4n) is 3.11. The number of hydrogen-bond donors (Lipinski definition) is 1. The second-order valence-electron chi connectivity index (χ2n) is 6.39. The zero-order valence-corrected chi connectivity index (χ0v) is 15.0. The molecular weight excluding hydrogens is 355 g/mol. The summed E-state index contributed by atoms with van der Waals surface area (Å²) in [4.78, 5) is 26.4. The van der Waals surface area contributed by atoms with Crippen LogP contribution in [0.2, 0.25) is 5.02 Å². The molecule has 1 heterocycles. The lowest BCUT2D eigenvalue weighted by Crippen LogP contribution is -2.43. The largest absolute Gasteiger partial charge is 0.352 e. The molecule has 0 saturated carbocycles. The number of rotatable bonds is 4. The van der Waals surface area contributed by atoms with Gasteiger partial charge in [-0.1, -0.05) is 41.9 Å². The number of benzene rings is 2. The van der Waals surface area contributed by atoms with E-state index in [2.05, 4.69) is 5.32 Å². The van der Waals surface area contributed by atoms with Gasteiger partial charge < -0.3 is 10.2 Å². The summed E-state index contributed by atoms with van der Waals surface area (Å²) in [5, 5.41) is 3.27. The van der Waals surface area contributed by atoms with Crippen LogP contribution >= 0.6 is 11.6 Å². The highest BCUT2D eigenvalue weighted by Crippen LogP contribution is 2.22. The van der Waals surface area contributed by atoms with Crippen molar-refractivity contribution in [3.8, 4) is 0 Å². The highest BCUT2D eigenvalue weighted by atomic mass is 35.5. The predicted octanol–water partition coefficient (Wildman–Crippen LogP) is 3.65. The maximum absolute atomic E-state index is 13.9. The molecule has 1 aliphatic rings. The molecule has 0 radical (unpaired) electrons. The zero-order chi connectivity index (χ0) is 18.5. The summed E-state index contributed by atoms with van der Waals surface area (Å²) in [7, 11) is 0. The van der Waals surface area contributed by atoms with E-state index in [0.717, 1.165) is 5.56 Å². The van der Waals surface area contributed by atoms with E-state index in [0.29, 0.717) is 37.5 Å². The maximum Gasteiger partial charge on any atom is 0.256 e. The maximum atomic E-state index is 13.9. The number of piperidine rings is 1. The molecule has 0 aromatic heterocycles. The molecule has 1 N–H and O–H groups in total. The van der Waals surface area contributed by atoms with Gasteiger partial charge in [-0.15, -0.1) is 0 Å². The van der Waals surface area contributed by atoms with Crippen molar-refractivity contribution in [3.63, 3.8) is 0 Å². The summed E-state index contributed by atoms with van der Waals surface area (Å²) < 4.78 is 13.9. The number of likely N-dealkylation sites (tertiary alicyclic amines) is 1. The molecule has 1 fully saturated rings. The predicted molar refractivity (Wildman–Crippen MR) is 98.3 cm³/mol. The molecule has 2 aromatic carbocycles. The topological polar surface area (TPSA) is 49.4 Å². The standard InChI is InChI=1S/C20H20ClFN2O2/c21-16-6-7-18(22)17(12-16)20(26)24-10-8-15(9-11-24)19(25)23-13-14-4-2-1-3-5-14/h1-7,12,15H,8-11,13H2,(H,23,25). The third-order valence-electron chi connectivity index (χ3n) is 4.62. The normalized spacial score (nSPS) is 14.9. The molecule has 4 nitrogen and oxygen atoms in total. The van der Waals surface area contributed by atoms with Gasteiger partial charge in [-0.3, -0.25) is 9.59 Å². The highest BCUT2D eigenvalue weighted by Gasteiger charge is 2.28. The average molecular weight is 375 g/mol. The van der Waals surface area contributed by atoms with Gasteiger partial charge in [0.25, 0.3) is 5.91 Å². The second-order valence-corrected chi connectivity index (χ2v) is 6.83. The summed E-state index contributed by atoms with van der Waals surface area (Å²) in [5.74, 6) is -1.10. The Morgan fingerprint density at radius 2 is 1.81 bits per heavy atom. The van der Waals surface area contributed by atoms with Gasteiger partial charge in [-0.05, 0) is 36.6 Å². The summed E-state index contributed by atoms with van der Waals surface area (Å²) in [6.07, 6.45) is 1.13. The smallest absolute Gasteiger partial charge is 0.256 e. The third kappa shape index (κ3) is 4.41. The van der Waals surface area contributed by atoms with Crippen LogP contribution < -0.4 is 5.32 Å². The molecule has 0 unspecified atom stereocenters. The van der Waals surface area contributed by atoms with E-state index in [1.54, 1.807) is 4.90 Å². The van der Waals surface area contributed by atoms with Crippen molar-refractivity contribution in [3.05, 3.63) is 70.5 Å². The van der Waals surface area contributed by atoms with Crippen LogP contribution in [0.5, 0.6) is 0 Å². The second kappa shape index (κ2) is 8.32. The fourth-order valence-corrected chi connectivity index (χ4v) is 3.28. The van der Waals surface area contributed by atoms with Crippen molar-refractivity contribution in [2.24, 2.45) is 5.92 Å². The molecule has 1 aliphatic heterocycles. The molecule has 2 aromatic rings. The molecule has 26 heavy (non-hydrogen) atoms. The highest BCUT2D eigenvalue weighted by molar-refractivity contribution is 6.31. The number of nitrogens with one attached hydrogen (secondary N) is 1. The van der Waals surface area contributed by atoms with E-state index >= 15 is 0 Å². The monoisotopic (exact) mass is 374 g/mol. The number of nitrogens with zero attached hydrogens (tertiary/aromatic N) is 1. The first-order valence-electron chi connectivity index (χ1n) is 8.60. The summed E-state index contributed by atoms with van der Waals surface area (Å²) >= 11 is 5.86. The Balaban J connectivity index is 1.53. The van der Waals surface area contributed by atoms with Gasteiger partial charge in [-0.2, -0.15) is 0 Å². The van der Waals surface area contributed by atoms with Gasteiger partial charge in [0.2, 0.25) is 5.91 Å². The SMILES string of the molecule is O=C(NCc1ccccc1)C1CCN(C(=O)c2cc(Cl)ccc2F)CC1. The molecule has 3 rings (SSSR count). The van der Waals surface area contributed by atoms with Crippen LogP contribution in [0.15, 0.2) is 48.5 Å². The van der Waals surface area contributed by atoms with E-state index in [9.17, 15) is 14.0 Å². The molecule has 1 saturated heterocycles. The van der Waals surface area contributed by atoms with Gasteiger partial charge in [0.05, 0.1) is 5.56 Å². The minimum absolute atomic E-state index is 0.00473. The first-order valence-corrected chi connectivity index (χ1v) is 8.98. The van der Waals surface area contributed by atoms with E-state index in [1.807, 2.05) is 30.3 Å². The average Bonchev–Trinajstić information content (AvgIpc) is 2.68. The molecular formula is C20H20ClFN2O2. The molecule has 0 aliphatic carbocycles. The van der Waals surface area contributed by atoms with Crippen LogP contribution in [0.3, 0.4) is 0 Å². The van der Waals surface area contributed by atoms with Crippen molar-refractivity contribution in [2.75, 3.05) is 13.1 Å². The van der Waals surface area contributed by atoms with E-state index in [-0.39, 0.29) is 23.3 Å². The molecule has 136 valence electrons. The van der Waals surface area contributed by atoms with Crippen molar-refractivity contribution in [1.29, 1.82) is 0 Å². The lowest BCUT2D eigenvalue weighted by Gasteiger charge is -2.31. The number of carbonyl (C=O) groups is 2. The minimum Gasteiger partial charge on any atom is -0.352 e. The third-order valence-corrected chi connectivity index (χ3v) is 4.86. The number of carbonyl (C=O) groups excluding carboxylic acids is 2. The lowest BCUT2D eigenvalue weighted by atomic mass is 9.95. The Morgan fingerprint density at radius 3 is 2.50 bits per heavy atom. The molecule has 2 amide bonds. The van der Waals surface area contributed by atoms with Crippen LogP contribution in [0.1, 0.15) is 28.8 Å². The minimum atomic E-state index is -0.581. The Bertz CT molecular complexity index is 790. The van der Waals surface area contributed by atoms with Crippen molar-refractivity contribution in [2.45, 2.75) is 19.4 Å². The van der Waals surface area contributed by atoms with Crippen LogP contribution in [0.25, 0.3) is 0 Å². The van der Waals surface area contributed by atoms with Crippen molar-refractivity contribution < 1.29 is 14.0 Å². The van der Waals surface area contributed by atoms with Gasteiger partial charge in [-0.25, -0.2) is 4.39 Å².